The molecule has 6 nitrogen and oxygen atoms in total. The molecule has 8 heteroatoms. The predicted octanol–water partition coefficient (Wildman–Crippen LogP) is 4.06. The molecule has 0 spiro atoms. The summed E-state index contributed by atoms with van der Waals surface area (Å²) in [6, 6.07) is 10.8. The standard InChI is InChI=1S/C24H21F2N5O/c1-30-11-9-27-22(30)14-31-10-8-21-17(13-31)23(16-4-2-3-5-20(16)29-21)24(32)28-15-6-7-18(25)19(26)12-15/h2-7,9,11-12H,8,10,13-14H2,1H3,(H,28,32). The van der Waals surface area contributed by atoms with Gasteiger partial charge in [0.05, 0.1) is 17.6 Å². The molecule has 32 heavy (non-hydrogen) atoms. The van der Waals surface area contributed by atoms with Gasteiger partial charge in [0.2, 0.25) is 0 Å². The zero-order valence-corrected chi connectivity index (χ0v) is 17.5. The Morgan fingerprint density at radius 3 is 2.78 bits per heavy atom. The predicted molar refractivity (Wildman–Crippen MR) is 117 cm³/mol. The summed E-state index contributed by atoms with van der Waals surface area (Å²) in [5, 5.41) is 3.46. The summed E-state index contributed by atoms with van der Waals surface area (Å²) in [5.74, 6) is -1.40. The summed E-state index contributed by atoms with van der Waals surface area (Å²) in [7, 11) is 1.95. The number of aromatic nitrogens is 3. The quantitative estimate of drug-likeness (QED) is 0.527. The van der Waals surface area contributed by atoms with Gasteiger partial charge in [0, 0.05) is 67.3 Å². The number of carbonyl (C=O) groups is 1. The minimum absolute atomic E-state index is 0.198. The summed E-state index contributed by atoms with van der Waals surface area (Å²) in [6.07, 6.45) is 4.38. The lowest BCUT2D eigenvalue weighted by Gasteiger charge is -2.29. The fraction of sp³-hybridized carbons (Fsp3) is 0.208. The van der Waals surface area contributed by atoms with Crippen LogP contribution in [0.15, 0.2) is 54.9 Å². The Morgan fingerprint density at radius 2 is 2.00 bits per heavy atom. The highest BCUT2D eigenvalue weighted by Gasteiger charge is 2.26. The van der Waals surface area contributed by atoms with Crippen LogP contribution in [-0.2, 0) is 26.6 Å². The van der Waals surface area contributed by atoms with Crippen molar-refractivity contribution in [2.75, 3.05) is 11.9 Å². The Labute approximate surface area is 183 Å². The van der Waals surface area contributed by atoms with E-state index in [0.717, 1.165) is 46.7 Å². The fourth-order valence-corrected chi connectivity index (χ4v) is 4.16. The molecule has 3 heterocycles. The van der Waals surface area contributed by atoms with Crippen LogP contribution >= 0.6 is 0 Å². The van der Waals surface area contributed by atoms with E-state index in [1.165, 1.54) is 6.07 Å². The zero-order chi connectivity index (χ0) is 22.2. The monoisotopic (exact) mass is 433 g/mol. The number of carbonyl (C=O) groups excluding carboxylic acids is 1. The largest absolute Gasteiger partial charge is 0.337 e. The van der Waals surface area contributed by atoms with Gasteiger partial charge < -0.3 is 9.88 Å². The highest BCUT2D eigenvalue weighted by atomic mass is 19.2. The van der Waals surface area contributed by atoms with Crippen LogP contribution in [0.25, 0.3) is 10.9 Å². The number of nitrogens with one attached hydrogen (secondary N) is 1. The van der Waals surface area contributed by atoms with Crippen molar-refractivity contribution < 1.29 is 13.6 Å². The van der Waals surface area contributed by atoms with Crippen LogP contribution in [0.1, 0.15) is 27.4 Å². The maximum atomic E-state index is 13.7. The fourth-order valence-electron chi connectivity index (χ4n) is 4.16. The molecule has 2 aromatic heterocycles. The molecule has 0 aliphatic carbocycles. The minimum Gasteiger partial charge on any atom is -0.337 e. The molecule has 0 atom stereocenters. The first-order valence-electron chi connectivity index (χ1n) is 10.3. The molecule has 0 bridgehead atoms. The zero-order valence-electron chi connectivity index (χ0n) is 17.5. The molecular weight excluding hydrogens is 412 g/mol. The number of benzene rings is 2. The number of fused-ring (bicyclic) bond motifs is 2. The van der Waals surface area contributed by atoms with Crippen molar-refractivity contribution >= 4 is 22.5 Å². The third-order valence-electron chi connectivity index (χ3n) is 5.82. The van der Waals surface area contributed by atoms with Gasteiger partial charge in [0.25, 0.3) is 5.91 Å². The maximum absolute atomic E-state index is 13.7. The molecule has 0 saturated heterocycles. The molecule has 1 N–H and O–H groups in total. The molecule has 0 fully saturated rings. The van der Waals surface area contributed by atoms with E-state index in [9.17, 15) is 13.6 Å². The van der Waals surface area contributed by atoms with Crippen LogP contribution in [-0.4, -0.2) is 31.9 Å². The van der Waals surface area contributed by atoms with E-state index in [0.29, 0.717) is 25.1 Å². The Hall–Kier alpha value is -3.65. The van der Waals surface area contributed by atoms with Crippen molar-refractivity contribution in [3.05, 3.63) is 89.1 Å². The van der Waals surface area contributed by atoms with Crippen molar-refractivity contribution in [1.29, 1.82) is 0 Å². The number of imidazole rings is 1. The van der Waals surface area contributed by atoms with Gasteiger partial charge in [-0.05, 0) is 18.2 Å². The smallest absolute Gasteiger partial charge is 0.256 e. The summed E-state index contributed by atoms with van der Waals surface area (Å²) in [6.45, 7) is 2.00. The number of aryl methyl sites for hydroxylation is 1. The first-order valence-corrected chi connectivity index (χ1v) is 10.3. The van der Waals surface area contributed by atoms with Crippen molar-refractivity contribution in [3.8, 4) is 0 Å². The summed E-state index contributed by atoms with van der Waals surface area (Å²) < 4.78 is 29.0. The Morgan fingerprint density at radius 1 is 1.16 bits per heavy atom. The van der Waals surface area contributed by atoms with E-state index >= 15 is 0 Å². The van der Waals surface area contributed by atoms with Crippen LogP contribution in [0.4, 0.5) is 14.5 Å². The molecule has 0 radical (unpaired) electrons. The normalized spacial score (nSPS) is 13.8. The second kappa shape index (κ2) is 8.12. The van der Waals surface area contributed by atoms with Gasteiger partial charge in [-0.2, -0.15) is 0 Å². The van der Waals surface area contributed by atoms with Crippen LogP contribution in [0.5, 0.6) is 0 Å². The van der Waals surface area contributed by atoms with Gasteiger partial charge in [-0.1, -0.05) is 18.2 Å². The SMILES string of the molecule is Cn1ccnc1CN1CCc2nc3ccccc3c(C(=O)Nc3ccc(F)c(F)c3)c2C1. The van der Waals surface area contributed by atoms with Gasteiger partial charge in [-0.15, -0.1) is 0 Å². The lowest BCUT2D eigenvalue weighted by molar-refractivity contribution is 0.102. The van der Waals surface area contributed by atoms with Crippen LogP contribution in [0, 0.1) is 11.6 Å². The van der Waals surface area contributed by atoms with Crippen LogP contribution in [0.3, 0.4) is 0 Å². The molecule has 0 unspecified atom stereocenters. The van der Waals surface area contributed by atoms with E-state index in [1.54, 1.807) is 6.20 Å². The van der Waals surface area contributed by atoms with Crippen molar-refractivity contribution in [2.24, 2.45) is 7.05 Å². The highest BCUT2D eigenvalue weighted by molar-refractivity contribution is 6.13. The number of para-hydroxylation sites is 1. The number of pyridine rings is 1. The second-order valence-corrected chi connectivity index (χ2v) is 7.93. The van der Waals surface area contributed by atoms with Gasteiger partial charge in [0.15, 0.2) is 11.6 Å². The van der Waals surface area contributed by atoms with Gasteiger partial charge in [0.1, 0.15) is 5.82 Å². The maximum Gasteiger partial charge on any atom is 0.256 e. The van der Waals surface area contributed by atoms with Gasteiger partial charge in [-0.3, -0.25) is 14.7 Å². The average molecular weight is 433 g/mol. The first kappa shape index (κ1) is 20.3. The van der Waals surface area contributed by atoms with E-state index in [1.807, 2.05) is 42.1 Å². The topological polar surface area (TPSA) is 63.1 Å². The molecule has 162 valence electrons. The number of halogens is 2. The number of hydrogen-bond acceptors (Lipinski definition) is 4. The van der Waals surface area contributed by atoms with E-state index in [4.69, 9.17) is 4.98 Å². The third-order valence-corrected chi connectivity index (χ3v) is 5.82. The summed E-state index contributed by atoms with van der Waals surface area (Å²) >= 11 is 0. The Balaban J connectivity index is 1.53. The molecule has 1 aliphatic rings. The Kier molecular flexibility index (Phi) is 5.14. The molecule has 4 aromatic rings. The lowest BCUT2D eigenvalue weighted by atomic mass is 9.95. The number of rotatable bonds is 4. The van der Waals surface area contributed by atoms with Crippen molar-refractivity contribution in [2.45, 2.75) is 19.5 Å². The van der Waals surface area contributed by atoms with Crippen LogP contribution in [0.2, 0.25) is 0 Å². The Bertz CT molecular complexity index is 1330. The molecule has 1 aliphatic heterocycles. The number of amides is 1. The van der Waals surface area contributed by atoms with E-state index in [2.05, 4.69) is 15.2 Å². The average Bonchev–Trinajstić information content (AvgIpc) is 3.19. The first-order chi connectivity index (χ1) is 15.5. The van der Waals surface area contributed by atoms with Crippen molar-refractivity contribution in [1.82, 2.24) is 19.4 Å². The van der Waals surface area contributed by atoms with Crippen molar-refractivity contribution in [3.63, 3.8) is 0 Å². The minimum atomic E-state index is -1.01. The highest BCUT2D eigenvalue weighted by Crippen LogP contribution is 2.29. The van der Waals surface area contributed by atoms with Crippen LogP contribution < -0.4 is 5.32 Å². The lowest BCUT2D eigenvalue weighted by Crippen LogP contribution is -2.33. The number of nitrogens with zero attached hydrogens (tertiary/aromatic N) is 4. The summed E-state index contributed by atoms with van der Waals surface area (Å²) in [5.41, 5.74) is 3.18. The summed E-state index contributed by atoms with van der Waals surface area (Å²) in [4.78, 5) is 24.8. The molecule has 5 rings (SSSR count). The van der Waals surface area contributed by atoms with Gasteiger partial charge >= 0.3 is 0 Å². The molecule has 0 saturated carbocycles. The third kappa shape index (κ3) is 3.73. The molecular formula is C24H21F2N5O. The van der Waals surface area contributed by atoms with E-state index in [-0.39, 0.29) is 11.6 Å². The number of hydrogen-bond donors (Lipinski definition) is 1. The van der Waals surface area contributed by atoms with Gasteiger partial charge in [-0.25, -0.2) is 13.8 Å². The molecule has 1 amide bonds. The van der Waals surface area contributed by atoms with E-state index < -0.39 is 11.6 Å². The molecule has 2 aromatic carbocycles. The number of anilines is 1. The second-order valence-electron chi connectivity index (χ2n) is 7.93.